The zero-order chi connectivity index (χ0) is 14.7. The molecule has 0 saturated heterocycles. The summed E-state index contributed by atoms with van der Waals surface area (Å²) in [7, 11) is 0. The highest BCUT2D eigenvalue weighted by atomic mass is 19.1. The molecule has 0 bridgehead atoms. The van der Waals surface area contributed by atoms with Gasteiger partial charge in [0.25, 0.3) is 0 Å². The van der Waals surface area contributed by atoms with Crippen LogP contribution in [-0.4, -0.2) is 0 Å². The Morgan fingerprint density at radius 1 is 0.842 bits per heavy atom. The van der Waals surface area contributed by atoms with Crippen LogP contribution in [0.1, 0.15) is 30.5 Å². The van der Waals surface area contributed by atoms with Gasteiger partial charge in [-0.2, -0.15) is 5.26 Å². The van der Waals surface area contributed by atoms with E-state index in [1.165, 1.54) is 6.07 Å². The Morgan fingerprint density at radius 3 is 1.63 bits per heavy atom. The topological polar surface area (TPSA) is 23.8 Å². The van der Waals surface area contributed by atoms with E-state index in [0.717, 1.165) is 11.1 Å². The summed E-state index contributed by atoms with van der Waals surface area (Å²) in [6.07, 6.45) is 0. The molecule has 100 valence electrons. The predicted octanol–water partition coefficient (Wildman–Crippen LogP) is 5.03. The average molecular weight is 257 g/mol. The molecule has 0 radical (unpaired) electrons. The van der Waals surface area contributed by atoms with Crippen molar-refractivity contribution >= 4 is 0 Å². The lowest BCUT2D eigenvalue weighted by molar-refractivity contribution is 0.618. The van der Waals surface area contributed by atoms with Crippen LogP contribution >= 0.6 is 0 Å². The van der Waals surface area contributed by atoms with Crippen LogP contribution in [0.5, 0.6) is 0 Å². The SMILES string of the molecule is CC.Cc1ccccc1C#N.Cc1ccccc1F. The molecule has 0 fully saturated rings. The van der Waals surface area contributed by atoms with Gasteiger partial charge in [0.05, 0.1) is 11.6 Å². The summed E-state index contributed by atoms with van der Waals surface area (Å²) in [6.45, 7) is 7.67. The molecule has 0 aliphatic rings. The fourth-order valence-electron chi connectivity index (χ4n) is 1.25. The lowest BCUT2D eigenvalue weighted by Crippen LogP contribution is -1.77. The summed E-state index contributed by atoms with van der Waals surface area (Å²) < 4.78 is 12.3. The molecule has 0 heterocycles. The highest BCUT2D eigenvalue weighted by Crippen LogP contribution is 2.03. The van der Waals surface area contributed by atoms with Crippen molar-refractivity contribution in [2.45, 2.75) is 27.7 Å². The number of hydrogen-bond donors (Lipinski definition) is 0. The summed E-state index contributed by atoms with van der Waals surface area (Å²) in [6, 6.07) is 16.3. The number of benzene rings is 2. The highest BCUT2D eigenvalue weighted by Gasteiger charge is 1.90. The minimum Gasteiger partial charge on any atom is -0.207 e. The maximum atomic E-state index is 12.3. The monoisotopic (exact) mass is 257 g/mol. The van der Waals surface area contributed by atoms with Crippen molar-refractivity contribution < 1.29 is 4.39 Å². The average Bonchev–Trinajstić information content (AvgIpc) is 2.46. The van der Waals surface area contributed by atoms with Gasteiger partial charge in [0.15, 0.2) is 0 Å². The third-order valence-corrected chi connectivity index (χ3v) is 2.34. The molecule has 0 aromatic heterocycles. The predicted molar refractivity (Wildman–Crippen MR) is 78.4 cm³/mol. The summed E-state index contributed by atoms with van der Waals surface area (Å²) >= 11 is 0. The van der Waals surface area contributed by atoms with Gasteiger partial charge in [-0.25, -0.2) is 4.39 Å². The van der Waals surface area contributed by atoms with Crippen molar-refractivity contribution in [2.75, 3.05) is 0 Å². The molecule has 0 aliphatic carbocycles. The second-order valence-corrected chi connectivity index (χ2v) is 3.68. The van der Waals surface area contributed by atoms with Gasteiger partial charge in [-0.05, 0) is 37.1 Å². The maximum absolute atomic E-state index is 12.3. The van der Waals surface area contributed by atoms with Crippen LogP contribution in [0.2, 0.25) is 0 Å². The molecule has 2 aromatic carbocycles. The fraction of sp³-hybridized carbons (Fsp3) is 0.235. The number of aryl methyl sites for hydroxylation is 2. The molecule has 19 heavy (non-hydrogen) atoms. The Bertz CT molecular complexity index is 506. The van der Waals surface area contributed by atoms with Crippen molar-refractivity contribution in [3.63, 3.8) is 0 Å². The Hall–Kier alpha value is -2.14. The first-order valence-corrected chi connectivity index (χ1v) is 6.32. The number of halogens is 1. The normalized spacial score (nSPS) is 8.21. The minimum atomic E-state index is -0.132. The molecule has 0 atom stereocenters. The van der Waals surface area contributed by atoms with Gasteiger partial charge in [-0.1, -0.05) is 50.2 Å². The van der Waals surface area contributed by atoms with E-state index in [1.54, 1.807) is 19.1 Å². The molecule has 0 spiro atoms. The van der Waals surface area contributed by atoms with Gasteiger partial charge in [0, 0.05) is 0 Å². The van der Waals surface area contributed by atoms with E-state index in [1.807, 2.05) is 51.1 Å². The Morgan fingerprint density at radius 2 is 1.32 bits per heavy atom. The molecule has 0 saturated carbocycles. The standard InChI is InChI=1S/C8H7N.C7H7F.C2H6/c1-7-4-2-3-5-8(7)6-9;1-6-4-2-3-5-7(6)8;1-2/h2-5H,1H3;2-5H,1H3;1-2H3. The first kappa shape index (κ1) is 16.9. The van der Waals surface area contributed by atoms with Crippen LogP contribution in [0.3, 0.4) is 0 Å². The Balaban J connectivity index is 0.000000303. The van der Waals surface area contributed by atoms with Crippen LogP contribution in [0.15, 0.2) is 48.5 Å². The van der Waals surface area contributed by atoms with E-state index in [0.29, 0.717) is 5.56 Å². The zero-order valence-electron chi connectivity index (χ0n) is 11.9. The van der Waals surface area contributed by atoms with E-state index in [9.17, 15) is 4.39 Å². The van der Waals surface area contributed by atoms with Gasteiger partial charge < -0.3 is 0 Å². The minimum absolute atomic E-state index is 0.132. The largest absolute Gasteiger partial charge is 0.207 e. The summed E-state index contributed by atoms with van der Waals surface area (Å²) in [5.74, 6) is -0.132. The van der Waals surface area contributed by atoms with Crippen molar-refractivity contribution in [1.82, 2.24) is 0 Å². The van der Waals surface area contributed by atoms with Crippen LogP contribution in [0.4, 0.5) is 4.39 Å². The smallest absolute Gasteiger partial charge is 0.126 e. The van der Waals surface area contributed by atoms with Gasteiger partial charge >= 0.3 is 0 Å². The molecule has 1 nitrogen and oxygen atoms in total. The fourth-order valence-corrected chi connectivity index (χ4v) is 1.25. The molecule has 0 unspecified atom stereocenters. The van der Waals surface area contributed by atoms with Gasteiger partial charge in [-0.15, -0.1) is 0 Å². The van der Waals surface area contributed by atoms with Crippen molar-refractivity contribution in [2.24, 2.45) is 0 Å². The highest BCUT2D eigenvalue weighted by molar-refractivity contribution is 5.35. The van der Waals surface area contributed by atoms with Crippen LogP contribution in [0, 0.1) is 31.0 Å². The molecule has 0 N–H and O–H groups in total. The van der Waals surface area contributed by atoms with E-state index >= 15 is 0 Å². The number of rotatable bonds is 0. The molecule has 0 amide bonds. The van der Waals surface area contributed by atoms with Crippen molar-refractivity contribution in [1.29, 1.82) is 5.26 Å². The summed E-state index contributed by atoms with van der Waals surface area (Å²) in [5, 5.41) is 8.47. The van der Waals surface area contributed by atoms with E-state index in [4.69, 9.17) is 5.26 Å². The van der Waals surface area contributed by atoms with Gasteiger partial charge in [0.2, 0.25) is 0 Å². The van der Waals surface area contributed by atoms with Crippen LogP contribution in [0.25, 0.3) is 0 Å². The van der Waals surface area contributed by atoms with Crippen molar-refractivity contribution in [3.8, 4) is 6.07 Å². The summed E-state index contributed by atoms with van der Waals surface area (Å²) in [5.41, 5.74) is 2.50. The number of nitriles is 1. The third kappa shape index (κ3) is 6.38. The molecular weight excluding hydrogens is 237 g/mol. The zero-order valence-corrected chi connectivity index (χ0v) is 11.9. The van der Waals surface area contributed by atoms with Crippen LogP contribution in [-0.2, 0) is 0 Å². The summed E-state index contributed by atoms with van der Waals surface area (Å²) in [4.78, 5) is 0. The first-order chi connectivity index (χ1) is 9.15. The molecular formula is C17H20FN. The quantitative estimate of drug-likeness (QED) is 0.649. The Kier molecular flexibility index (Phi) is 8.74. The lowest BCUT2D eigenvalue weighted by atomic mass is 10.1. The van der Waals surface area contributed by atoms with E-state index in [2.05, 4.69) is 6.07 Å². The molecule has 0 aliphatic heterocycles. The molecule has 2 rings (SSSR count). The van der Waals surface area contributed by atoms with E-state index in [-0.39, 0.29) is 5.82 Å². The first-order valence-electron chi connectivity index (χ1n) is 6.32. The second kappa shape index (κ2) is 9.85. The number of hydrogen-bond acceptors (Lipinski definition) is 1. The third-order valence-electron chi connectivity index (χ3n) is 2.34. The molecule has 2 heteroatoms. The second-order valence-electron chi connectivity index (χ2n) is 3.68. The number of nitrogens with zero attached hydrogens (tertiary/aromatic N) is 1. The maximum Gasteiger partial charge on any atom is 0.126 e. The van der Waals surface area contributed by atoms with Gasteiger partial charge in [0.1, 0.15) is 5.82 Å². The Labute approximate surface area is 115 Å². The van der Waals surface area contributed by atoms with Gasteiger partial charge in [-0.3, -0.25) is 0 Å². The van der Waals surface area contributed by atoms with E-state index < -0.39 is 0 Å². The van der Waals surface area contributed by atoms with Crippen molar-refractivity contribution in [3.05, 3.63) is 71.0 Å². The molecule has 2 aromatic rings. The van der Waals surface area contributed by atoms with Crippen LogP contribution < -0.4 is 0 Å². The lowest BCUT2D eigenvalue weighted by Gasteiger charge is -1.90.